The molecule has 1 aliphatic heterocycles. The summed E-state index contributed by atoms with van der Waals surface area (Å²) >= 11 is 0. The number of aliphatic carboxylic acids is 1. The fourth-order valence-corrected chi connectivity index (χ4v) is 5.74. The van der Waals surface area contributed by atoms with Crippen molar-refractivity contribution in [2.45, 2.75) is 42.8 Å². The molecule has 0 amide bonds. The quantitative estimate of drug-likeness (QED) is 0.705. The van der Waals surface area contributed by atoms with Gasteiger partial charge in [0.25, 0.3) is 0 Å². The van der Waals surface area contributed by atoms with Gasteiger partial charge < -0.3 is 15.2 Å². The topological polar surface area (TPSA) is 92.7 Å². The third-order valence-electron chi connectivity index (χ3n) is 4.99. The van der Waals surface area contributed by atoms with Crippen molar-refractivity contribution in [1.82, 2.24) is 5.32 Å². The van der Waals surface area contributed by atoms with Crippen LogP contribution in [-0.4, -0.2) is 43.9 Å². The fourth-order valence-electron chi connectivity index (χ4n) is 3.54. The number of hydrogen-bond acceptors (Lipinski definition) is 5. The Morgan fingerprint density at radius 2 is 1.92 bits per heavy atom. The molecule has 0 radical (unpaired) electrons. The van der Waals surface area contributed by atoms with Gasteiger partial charge in [0, 0.05) is 0 Å². The Hall–Kier alpha value is -2.04. The molecule has 1 fully saturated rings. The summed E-state index contributed by atoms with van der Waals surface area (Å²) in [7, 11) is -4.06. The van der Waals surface area contributed by atoms with Crippen molar-refractivity contribution in [3.63, 3.8) is 0 Å². The predicted molar refractivity (Wildman–Crippen MR) is 98.8 cm³/mol. The number of hydrogen-bond donors (Lipinski definition) is 2. The SMILES string of the molecule is CC#CCOc1ccc(S(=O)(=O)C(CC)(C(=O)O)C2CCNCC2)cc1. The van der Waals surface area contributed by atoms with Crippen LogP contribution in [0.5, 0.6) is 5.75 Å². The molecule has 2 N–H and O–H groups in total. The Kier molecular flexibility index (Phi) is 6.68. The van der Waals surface area contributed by atoms with Crippen molar-refractivity contribution < 1.29 is 23.1 Å². The van der Waals surface area contributed by atoms with E-state index < -0.39 is 26.5 Å². The van der Waals surface area contributed by atoms with E-state index in [0.717, 1.165) is 0 Å². The van der Waals surface area contributed by atoms with Crippen LogP contribution in [0.15, 0.2) is 29.2 Å². The average molecular weight is 379 g/mol. The van der Waals surface area contributed by atoms with E-state index in [0.29, 0.717) is 31.7 Å². The predicted octanol–water partition coefficient (Wildman–Crippen LogP) is 2.10. The maximum absolute atomic E-state index is 13.3. The minimum Gasteiger partial charge on any atom is -0.481 e. The zero-order chi connectivity index (χ0) is 19.2. The number of rotatable bonds is 7. The molecular formula is C19H25NO5S. The van der Waals surface area contributed by atoms with Crippen LogP contribution in [0.2, 0.25) is 0 Å². The molecule has 26 heavy (non-hydrogen) atoms. The van der Waals surface area contributed by atoms with Crippen molar-refractivity contribution in [2.75, 3.05) is 19.7 Å². The molecule has 1 aliphatic rings. The van der Waals surface area contributed by atoms with E-state index >= 15 is 0 Å². The second-order valence-electron chi connectivity index (χ2n) is 6.26. The van der Waals surface area contributed by atoms with Crippen LogP contribution in [-0.2, 0) is 14.6 Å². The number of carboxylic acid groups (broad SMARTS) is 1. The minimum atomic E-state index is -4.06. The highest BCUT2D eigenvalue weighted by molar-refractivity contribution is 7.93. The second kappa shape index (κ2) is 8.56. The summed E-state index contributed by atoms with van der Waals surface area (Å²) in [4.78, 5) is 12.2. The number of carboxylic acids is 1. The van der Waals surface area contributed by atoms with Gasteiger partial charge in [-0.05, 0) is 69.5 Å². The second-order valence-corrected chi connectivity index (χ2v) is 8.47. The number of ether oxygens (including phenoxy) is 1. The van der Waals surface area contributed by atoms with E-state index in [4.69, 9.17) is 4.74 Å². The molecule has 1 heterocycles. The van der Waals surface area contributed by atoms with Crippen LogP contribution >= 0.6 is 0 Å². The Balaban J connectivity index is 2.39. The standard InChI is InChI=1S/C19H25NO5S/c1-3-5-14-25-16-6-8-17(9-7-16)26(23,24)19(4-2,18(21)22)15-10-12-20-13-11-15/h6-9,15,20H,4,10-14H2,1-2H3,(H,21,22). The molecule has 6 nitrogen and oxygen atoms in total. The van der Waals surface area contributed by atoms with Crippen LogP contribution in [0.4, 0.5) is 0 Å². The first-order valence-electron chi connectivity index (χ1n) is 8.71. The van der Waals surface area contributed by atoms with Crippen molar-refractivity contribution in [3.05, 3.63) is 24.3 Å². The smallest absolute Gasteiger partial charge is 0.325 e. The zero-order valence-corrected chi connectivity index (χ0v) is 15.9. The molecule has 0 spiro atoms. The van der Waals surface area contributed by atoms with Crippen LogP contribution in [0, 0.1) is 17.8 Å². The van der Waals surface area contributed by atoms with Gasteiger partial charge in [0.2, 0.25) is 0 Å². The number of piperidine rings is 1. The molecule has 1 unspecified atom stereocenters. The van der Waals surface area contributed by atoms with Gasteiger partial charge in [-0.3, -0.25) is 4.79 Å². The van der Waals surface area contributed by atoms with Crippen molar-refractivity contribution in [2.24, 2.45) is 5.92 Å². The van der Waals surface area contributed by atoms with Crippen LogP contribution in [0.25, 0.3) is 0 Å². The summed E-state index contributed by atoms with van der Waals surface area (Å²) in [5, 5.41) is 13.1. The highest BCUT2D eigenvalue weighted by atomic mass is 32.2. The van der Waals surface area contributed by atoms with Gasteiger partial charge in [-0.25, -0.2) is 8.42 Å². The lowest BCUT2D eigenvalue weighted by atomic mass is 9.82. The number of sulfone groups is 1. The highest BCUT2D eigenvalue weighted by Gasteiger charge is 2.55. The number of carbonyl (C=O) groups is 1. The number of nitrogens with one attached hydrogen (secondary N) is 1. The van der Waals surface area contributed by atoms with Crippen LogP contribution < -0.4 is 10.1 Å². The van der Waals surface area contributed by atoms with Gasteiger partial charge in [0.05, 0.1) is 4.90 Å². The van der Waals surface area contributed by atoms with Gasteiger partial charge in [-0.1, -0.05) is 12.8 Å². The van der Waals surface area contributed by atoms with E-state index in [9.17, 15) is 18.3 Å². The van der Waals surface area contributed by atoms with Gasteiger partial charge >= 0.3 is 5.97 Å². The van der Waals surface area contributed by atoms with Gasteiger partial charge in [-0.15, -0.1) is 5.92 Å². The third kappa shape index (κ3) is 3.71. The lowest BCUT2D eigenvalue weighted by molar-refractivity contribution is -0.142. The monoisotopic (exact) mass is 379 g/mol. The molecule has 0 bridgehead atoms. The summed E-state index contributed by atoms with van der Waals surface area (Å²) in [5.74, 6) is 4.26. The lowest BCUT2D eigenvalue weighted by Crippen LogP contribution is -2.54. The van der Waals surface area contributed by atoms with E-state index in [2.05, 4.69) is 17.2 Å². The van der Waals surface area contributed by atoms with Crippen LogP contribution in [0.1, 0.15) is 33.1 Å². The summed E-state index contributed by atoms with van der Waals surface area (Å²) in [6.45, 7) is 4.80. The molecule has 0 aliphatic carbocycles. The third-order valence-corrected chi connectivity index (χ3v) is 7.64. The van der Waals surface area contributed by atoms with E-state index in [1.807, 2.05) is 0 Å². The van der Waals surface area contributed by atoms with E-state index in [1.54, 1.807) is 13.8 Å². The maximum Gasteiger partial charge on any atom is 0.325 e. The molecule has 0 aromatic heterocycles. The molecule has 1 atom stereocenters. The first-order valence-corrected chi connectivity index (χ1v) is 10.2. The lowest BCUT2D eigenvalue weighted by Gasteiger charge is -2.38. The first-order chi connectivity index (χ1) is 12.4. The van der Waals surface area contributed by atoms with Crippen molar-refractivity contribution >= 4 is 15.8 Å². The Morgan fingerprint density at radius 1 is 1.31 bits per heavy atom. The maximum atomic E-state index is 13.3. The van der Waals surface area contributed by atoms with Gasteiger partial charge in [-0.2, -0.15) is 0 Å². The van der Waals surface area contributed by atoms with Gasteiger partial charge in [0.1, 0.15) is 12.4 Å². The van der Waals surface area contributed by atoms with Crippen LogP contribution in [0.3, 0.4) is 0 Å². The molecule has 7 heteroatoms. The highest BCUT2D eigenvalue weighted by Crippen LogP contribution is 2.40. The molecule has 1 aromatic carbocycles. The van der Waals surface area contributed by atoms with Crippen molar-refractivity contribution in [3.8, 4) is 17.6 Å². The fraction of sp³-hybridized carbons (Fsp3) is 0.526. The molecule has 142 valence electrons. The summed E-state index contributed by atoms with van der Waals surface area (Å²) < 4.78 is 30.2. The zero-order valence-electron chi connectivity index (χ0n) is 15.1. The summed E-state index contributed by atoms with van der Waals surface area (Å²) in [5.41, 5.74) is 0. The molecule has 1 saturated heterocycles. The normalized spacial score (nSPS) is 17.6. The molecule has 0 saturated carbocycles. The summed E-state index contributed by atoms with van der Waals surface area (Å²) in [6.07, 6.45) is 1.08. The van der Waals surface area contributed by atoms with E-state index in [-0.39, 0.29) is 17.9 Å². The Bertz CT molecular complexity index is 785. The molecule has 2 rings (SSSR count). The van der Waals surface area contributed by atoms with Crippen molar-refractivity contribution in [1.29, 1.82) is 0 Å². The molecule has 1 aromatic rings. The summed E-state index contributed by atoms with van der Waals surface area (Å²) in [6, 6.07) is 5.90. The van der Waals surface area contributed by atoms with E-state index in [1.165, 1.54) is 24.3 Å². The first kappa shape index (κ1) is 20.3. The number of benzene rings is 1. The Labute approximate surface area is 154 Å². The Morgan fingerprint density at radius 3 is 2.42 bits per heavy atom. The molecular weight excluding hydrogens is 354 g/mol. The van der Waals surface area contributed by atoms with Gasteiger partial charge in [0.15, 0.2) is 14.6 Å². The largest absolute Gasteiger partial charge is 0.481 e. The average Bonchev–Trinajstić information content (AvgIpc) is 2.64. The minimum absolute atomic E-state index is 0.00853.